The molecule has 4 aromatic rings. The fourth-order valence-corrected chi connectivity index (χ4v) is 2.92. The molecule has 7 heteroatoms. The zero-order chi connectivity index (χ0) is 18.1. The van der Waals surface area contributed by atoms with Crippen LogP contribution in [0.15, 0.2) is 54.7 Å². The van der Waals surface area contributed by atoms with Crippen LogP contribution >= 0.6 is 0 Å². The molecule has 1 N–H and O–H groups in total. The van der Waals surface area contributed by atoms with Crippen LogP contribution in [0.1, 0.15) is 27.6 Å². The number of nitrogens with one attached hydrogen (secondary N) is 1. The summed E-state index contributed by atoms with van der Waals surface area (Å²) < 4.78 is 3.71. The maximum Gasteiger partial charge on any atom is 0.251 e. The number of carbonyl (C=O) groups is 1. The maximum absolute atomic E-state index is 12.4. The monoisotopic (exact) mass is 346 g/mol. The van der Waals surface area contributed by atoms with Gasteiger partial charge in [-0.25, -0.2) is 4.68 Å². The highest BCUT2D eigenvalue weighted by atomic mass is 16.1. The van der Waals surface area contributed by atoms with E-state index in [2.05, 4.69) is 20.6 Å². The van der Waals surface area contributed by atoms with Gasteiger partial charge in [0.1, 0.15) is 0 Å². The van der Waals surface area contributed by atoms with Gasteiger partial charge in [-0.3, -0.25) is 9.20 Å². The molecule has 0 atom stereocenters. The molecule has 0 saturated heterocycles. The van der Waals surface area contributed by atoms with Gasteiger partial charge in [0, 0.05) is 17.5 Å². The summed E-state index contributed by atoms with van der Waals surface area (Å²) in [5.41, 5.74) is 4.29. The summed E-state index contributed by atoms with van der Waals surface area (Å²) in [7, 11) is 0. The van der Waals surface area contributed by atoms with E-state index in [0.717, 1.165) is 22.7 Å². The summed E-state index contributed by atoms with van der Waals surface area (Å²) in [5.74, 6) is 0.533. The third kappa shape index (κ3) is 2.95. The highest BCUT2D eigenvalue weighted by Crippen LogP contribution is 2.13. The third-order valence-electron chi connectivity index (χ3n) is 4.18. The van der Waals surface area contributed by atoms with Crippen molar-refractivity contribution < 1.29 is 4.79 Å². The number of pyridine rings is 1. The van der Waals surface area contributed by atoms with Gasteiger partial charge < -0.3 is 5.32 Å². The van der Waals surface area contributed by atoms with Gasteiger partial charge in [0.15, 0.2) is 11.5 Å². The standard InChI is InChI=1S/C19H18N6O/c1-13-11-14(2)25(23-13)16-8-6-15(7-9-16)19(26)20-12-18-22-21-17-5-3-4-10-24(17)18/h3-11H,12H2,1-2H3,(H,20,26). The van der Waals surface area contributed by atoms with Crippen LogP contribution in [0.25, 0.3) is 11.3 Å². The highest BCUT2D eigenvalue weighted by molar-refractivity contribution is 5.94. The predicted molar refractivity (Wildman–Crippen MR) is 97.2 cm³/mol. The van der Waals surface area contributed by atoms with Crippen LogP contribution in [0.3, 0.4) is 0 Å². The van der Waals surface area contributed by atoms with E-state index < -0.39 is 0 Å². The number of hydrogen-bond acceptors (Lipinski definition) is 4. The van der Waals surface area contributed by atoms with Crippen molar-refractivity contribution in [3.8, 4) is 5.69 Å². The largest absolute Gasteiger partial charge is 0.345 e. The summed E-state index contributed by atoms with van der Waals surface area (Å²) in [6.45, 7) is 4.27. The number of fused-ring (bicyclic) bond motifs is 1. The van der Waals surface area contributed by atoms with Crippen molar-refractivity contribution in [3.63, 3.8) is 0 Å². The van der Waals surface area contributed by atoms with E-state index in [1.807, 2.05) is 65.5 Å². The molecule has 1 aromatic carbocycles. The first kappa shape index (κ1) is 16.0. The SMILES string of the molecule is Cc1cc(C)n(-c2ccc(C(=O)NCc3nnc4ccccn34)cc2)n1. The molecule has 7 nitrogen and oxygen atoms in total. The number of carbonyl (C=O) groups excluding carboxylic acids is 1. The van der Waals surface area contributed by atoms with E-state index in [0.29, 0.717) is 17.9 Å². The fraction of sp³-hybridized carbons (Fsp3) is 0.158. The number of nitrogens with zero attached hydrogens (tertiary/aromatic N) is 5. The molecule has 1 amide bonds. The second-order valence-corrected chi connectivity index (χ2v) is 6.11. The van der Waals surface area contributed by atoms with Crippen molar-refractivity contribution in [2.75, 3.05) is 0 Å². The van der Waals surface area contributed by atoms with Crippen LogP contribution in [-0.4, -0.2) is 30.3 Å². The lowest BCUT2D eigenvalue weighted by Gasteiger charge is -2.07. The van der Waals surface area contributed by atoms with Crippen molar-refractivity contribution >= 4 is 11.6 Å². The van der Waals surface area contributed by atoms with Gasteiger partial charge in [-0.1, -0.05) is 6.07 Å². The average Bonchev–Trinajstić information content (AvgIpc) is 3.22. The number of hydrogen-bond donors (Lipinski definition) is 1. The molecule has 0 saturated carbocycles. The van der Waals surface area contributed by atoms with Gasteiger partial charge in [-0.15, -0.1) is 10.2 Å². The molecule has 0 aliphatic carbocycles. The van der Waals surface area contributed by atoms with Gasteiger partial charge in [-0.2, -0.15) is 5.10 Å². The summed E-state index contributed by atoms with van der Waals surface area (Å²) in [6, 6.07) is 15.1. The molecule has 0 bridgehead atoms. The summed E-state index contributed by atoms with van der Waals surface area (Å²) in [4.78, 5) is 12.4. The van der Waals surface area contributed by atoms with Crippen LogP contribution in [-0.2, 0) is 6.54 Å². The zero-order valence-electron chi connectivity index (χ0n) is 14.5. The van der Waals surface area contributed by atoms with Gasteiger partial charge in [0.25, 0.3) is 5.91 Å². The van der Waals surface area contributed by atoms with Crippen molar-refractivity contribution in [2.45, 2.75) is 20.4 Å². The van der Waals surface area contributed by atoms with Crippen molar-refractivity contribution in [2.24, 2.45) is 0 Å². The van der Waals surface area contributed by atoms with E-state index in [1.165, 1.54) is 0 Å². The lowest BCUT2D eigenvalue weighted by Crippen LogP contribution is -2.24. The van der Waals surface area contributed by atoms with Gasteiger partial charge in [0.2, 0.25) is 0 Å². The molecular weight excluding hydrogens is 328 g/mol. The Kier molecular flexibility index (Phi) is 3.96. The van der Waals surface area contributed by atoms with Crippen LogP contribution in [0.2, 0.25) is 0 Å². The van der Waals surface area contributed by atoms with Crippen LogP contribution in [0, 0.1) is 13.8 Å². The Bertz CT molecular complexity index is 1080. The Morgan fingerprint density at radius 1 is 1.08 bits per heavy atom. The number of rotatable bonds is 4. The maximum atomic E-state index is 12.4. The van der Waals surface area contributed by atoms with Crippen molar-refractivity contribution in [1.29, 1.82) is 0 Å². The van der Waals surface area contributed by atoms with Crippen molar-refractivity contribution in [1.82, 2.24) is 29.7 Å². The average molecular weight is 346 g/mol. The van der Waals surface area contributed by atoms with E-state index in [1.54, 1.807) is 12.1 Å². The predicted octanol–water partition coefficient (Wildman–Crippen LogP) is 2.46. The smallest absolute Gasteiger partial charge is 0.251 e. The summed E-state index contributed by atoms with van der Waals surface area (Å²) in [5, 5.41) is 15.5. The van der Waals surface area contributed by atoms with E-state index >= 15 is 0 Å². The second kappa shape index (κ2) is 6.44. The van der Waals surface area contributed by atoms with E-state index in [4.69, 9.17) is 0 Å². The first-order valence-corrected chi connectivity index (χ1v) is 8.32. The molecule has 0 spiro atoms. The molecule has 4 rings (SSSR count). The normalized spacial score (nSPS) is 11.0. The van der Waals surface area contributed by atoms with Crippen LogP contribution in [0.4, 0.5) is 0 Å². The van der Waals surface area contributed by atoms with E-state index in [9.17, 15) is 4.79 Å². The lowest BCUT2D eigenvalue weighted by atomic mass is 10.2. The topological polar surface area (TPSA) is 77.1 Å². The summed E-state index contributed by atoms with van der Waals surface area (Å²) in [6.07, 6.45) is 1.88. The first-order valence-electron chi connectivity index (χ1n) is 8.32. The zero-order valence-corrected chi connectivity index (χ0v) is 14.5. The number of amides is 1. The summed E-state index contributed by atoms with van der Waals surface area (Å²) >= 11 is 0. The molecular formula is C19H18N6O. The Labute approximate surface area is 150 Å². The van der Waals surface area contributed by atoms with E-state index in [-0.39, 0.29) is 5.91 Å². The van der Waals surface area contributed by atoms with Crippen LogP contribution < -0.4 is 5.32 Å². The quantitative estimate of drug-likeness (QED) is 0.616. The Hall–Kier alpha value is -3.48. The molecule has 0 aliphatic heterocycles. The minimum Gasteiger partial charge on any atom is -0.345 e. The first-order chi connectivity index (χ1) is 12.6. The van der Waals surface area contributed by atoms with Gasteiger partial charge >= 0.3 is 0 Å². The molecule has 0 unspecified atom stereocenters. The van der Waals surface area contributed by atoms with Gasteiger partial charge in [0.05, 0.1) is 17.9 Å². The molecule has 26 heavy (non-hydrogen) atoms. The molecule has 130 valence electrons. The minimum atomic E-state index is -0.155. The fourth-order valence-electron chi connectivity index (χ4n) is 2.92. The number of aromatic nitrogens is 5. The second-order valence-electron chi connectivity index (χ2n) is 6.11. The molecule has 0 radical (unpaired) electrons. The number of aryl methyl sites for hydroxylation is 2. The molecule has 0 aliphatic rings. The highest BCUT2D eigenvalue weighted by Gasteiger charge is 2.10. The molecule has 0 fully saturated rings. The Balaban J connectivity index is 1.47. The van der Waals surface area contributed by atoms with Crippen molar-refractivity contribution in [3.05, 3.63) is 77.5 Å². The third-order valence-corrected chi connectivity index (χ3v) is 4.18. The molecule has 3 aromatic heterocycles. The number of benzene rings is 1. The Morgan fingerprint density at radius 2 is 1.88 bits per heavy atom. The van der Waals surface area contributed by atoms with Crippen LogP contribution in [0.5, 0.6) is 0 Å². The molecule has 3 heterocycles. The lowest BCUT2D eigenvalue weighted by molar-refractivity contribution is 0.0950. The Morgan fingerprint density at radius 3 is 2.62 bits per heavy atom. The minimum absolute atomic E-state index is 0.155. The van der Waals surface area contributed by atoms with Gasteiger partial charge in [-0.05, 0) is 56.3 Å².